The Bertz CT molecular complexity index is 228. The molecule has 0 saturated heterocycles. The Labute approximate surface area is 61.6 Å². The predicted octanol–water partition coefficient (Wildman–Crippen LogP) is 2.31. The quantitative estimate of drug-likeness (QED) is 0.584. The summed E-state index contributed by atoms with van der Waals surface area (Å²) in [5.74, 6) is 0.964. The second kappa shape index (κ2) is 2.74. The van der Waals surface area contributed by atoms with Crippen molar-refractivity contribution in [3.05, 3.63) is 29.3 Å². The zero-order valence-corrected chi connectivity index (χ0v) is 6.64. The van der Waals surface area contributed by atoms with Crippen molar-refractivity contribution in [3.8, 4) is 5.75 Å². The molecular formula is C9H12O. The molecule has 54 valence electrons. The molecule has 0 unspecified atom stereocenters. The summed E-state index contributed by atoms with van der Waals surface area (Å²) in [6, 6.07) is 6.15. The predicted molar refractivity (Wildman–Crippen MR) is 42.5 cm³/mol. The Balaban J connectivity index is 3.07. The van der Waals surface area contributed by atoms with Crippen molar-refractivity contribution in [2.45, 2.75) is 13.8 Å². The molecule has 1 aromatic rings. The zero-order valence-electron chi connectivity index (χ0n) is 6.64. The largest absolute Gasteiger partial charge is 0.496 e. The van der Waals surface area contributed by atoms with Gasteiger partial charge in [-0.25, -0.2) is 0 Å². The lowest BCUT2D eigenvalue weighted by Crippen LogP contribution is -1.86. The average Bonchev–Trinajstić information content (AvgIpc) is 1.88. The Morgan fingerprint density at radius 1 is 1.20 bits per heavy atom. The number of benzene rings is 1. The molecule has 0 heterocycles. The van der Waals surface area contributed by atoms with Crippen molar-refractivity contribution in [1.82, 2.24) is 0 Å². The van der Waals surface area contributed by atoms with E-state index in [-0.39, 0.29) is 0 Å². The fourth-order valence-electron chi connectivity index (χ4n) is 1.03. The molecule has 10 heavy (non-hydrogen) atoms. The number of hydrogen-bond acceptors (Lipinski definition) is 1. The first-order valence-corrected chi connectivity index (χ1v) is 3.35. The van der Waals surface area contributed by atoms with E-state index < -0.39 is 0 Å². The summed E-state index contributed by atoms with van der Waals surface area (Å²) < 4.78 is 5.10. The Hall–Kier alpha value is -0.980. The highest BCUT2D eigenvalue weighted by atomic mass is 16.5. The minimum absolute atomic E-state index is 0.964. The van der Waals surface area contributed by atoms with E-state index in [4.69, 9.17) is 4.74 Å². The summed E-state index contributed by atoms with van der Waals surface area (Å²) in [6.45, 7) is 4.12. The molecule has 0 fully saturated rings. The number of rotatable bonds is 1. The van der Waals surface area contributed by atoms with Crippen LogP contribution in [0.2, 0.25) is 0 Å². The van der Waals surface area contributed by atoms with Crippen LogP contribution in [0.15, 0.2) is 18.2 Å². The monoisotopic (exact) mass is 142 g/mol. The van der Waals surface area contributed by atoms with Crippen LogP contribution in [-0.2, 0) is 0 Å². The van der Waals surface area contributed by atoms with Gasteiger partial charge < -0.3 is 4.74 Å². The number of aryl methyl sites for hydroxylation is 2. The van der Waals surface area contributed by atoms with Gasteiger partial charge in [0.15, 0.2) is 0 Å². The van der Waals surface area contributed by atoms with E-state index in [1.807, 2.05) is 19.1 Å². The van der Waals surface area contributed by atoms with E-state index in [9.17, 15) is 0 Å². The molecule has 1 rings (SSSR count). The smallest absolute Gasteiger partial charge is 0.121 e. The summed E-state index contributed by atoms with van der Waals surface area (Å²) >= 11 is 0. The van der Waals surface area contributed by atoms with Crippen molar-refractivity contribution in [3.63, 3.8) is 0 Å². The second-order valence-electron chi connectivity index (χ2n) is 2.47. The van der Waals surface area contributed by atoms with Crippen LogP contribution in [0.1, 0.15) is 11.1 Å². The summed E-state index contributed by atoms with van der Waals surface area (Å²) in [6.07, 6.45) is 0. The maximum atomic E-state index is 5.10. The molecule has 1 nitrogen and oxygen atoms in total. The molecule has 0 aromatic heterocycles. The van der Waals surface area contributed by atoms with E-state index in [0.29, 0.717) is 0 Å². The molecular weight excluding hydrogens is 130 g/mol. The van der Waals surface area contributed by atoms with Gasteiger partial charge in [-0.1, -0.05) is 17.7 Å². The van der Waals surface area contributed by atoms with Crippen LogP contribution < -0.4 is 4.74 Å². The van der Waals surface area contributed by atoms with E-state index in [0.717, 1.165) is 5.75 Å². The third kappa shape index (κ3) is 1.29. The molecule has 0 aliphatic carbocycles. The number of hydrogen-bond donors (Lipinski definition) is 0. The van der Waals surface area contributed by atoms with Crippen molar-refractivity contribution in [2.75, 3.05) is 7.11 Å². The van der Waals surface area contributed by atoms with E-state index in [1.54, 1.807) is 7.11 Å². The van der Waals surface area contributed by atoms with Crippen LogP contribution in [0.5, 0.6) is 5.75 Å². The van der Waals surface area contributed by atoms with Gasteiger partial charge in [-0.3, -0.25) is 0 Å². The van der Waals surface area contributed by atoms with Gasteiger partial charge in [-0.2, -0.15) is 0 Å². The third-order valence-electron chi connectivity index (χ3n) is 1.55. The highest BCUT2D eigenvalue weighted by Crippen LogP contribution is 2.17. The minimum Gasteiger partial charge on any atom is -0.496 e. The van der Waals surface area contributed by atoms with Crippen LogP contribution in [0.4, 0.5) is 0 Å². The number of methoxy groups -OCH3 is 1. The first kappa shape index (κ1) is 7.13. The van der Waals surface area contributed by atoms with Gasteiger partial charge in [-0.05, 0) is 25.5 Å². The van der Waals surface area contributed by atoms with Crippen LogP contribution >= 0.6 is 0 Å². The van der Waals surface area contributed by atoms with Crippen LogP contribution in [0.3, 0.4) is 0 Å². The van der Waals surface area contributed by atoms with Gasteiger partial charge >= 0.3 is 0 Å². The molecule has 0 aliphatic heterocycles. The SMILES string of the molecule is CO[13c]1[13cH][13cH][13c](C)[13cH][13c]1C. The Morgan fingerprint density at radius 2 is 1.90 bits per heavy atom. The van der Waals surface area contributed by atoms with Crippen LogP contribution in [0.25, 0.3) is 0 Å². The molecule has 0 aliphatic rings. The second-order valence-corrected chi connectivity index (χ2v) is 2.47. The highest BCUT2D eigenvalue weighted by Gasteiger charge is 1.94. The van der Waals surface area contributed by atoms with E-state index in [2.05, 4.69) is 13.0 Å². The zero-order chi connectivity index (χ0) is 7.56. The molecule has 0 spiro atoms. The summed E-state index contributed by atoms with van der Waals surface area (Å²) in [5.41, 5.74) is 2.47. The van der Waals surface area contributed by atoms with Crippen molar-refractivity contribution >= 4 is 0 Å². The normalized spacial score (nSPS) is 9.50. The van der Waals surface area contributed by atoms with Crippen molar-refractivity contribution in [2.24, 2.45) is 0 Å². The molecule has 0 N–H and O–H groups in total. The fourth-order valence-corrected chi connectivity index (χ4v) is 1.03. The Morgan fingerprint density at radius 3 is 2.40 bits per heavy atom. The maximum absolute atomic E-state index is 5.10. The van der Waals surface area contributed by atoms with Gasteiger partial charge in [0, 0.05) is 0 Å². The first-order chi connectivity index (χ1) is 4.74. The van der Waals surface area contributed by atoms with Gasteiger partial charge in [0.25, 0.3) is 0 Å². The number of ether oxygens (including phenoxy) is 1. The van der Waals surface area contributed by atoms with Gasteiger partial charge in [0.1, 0.15) is 5.75 Å². The average molecular weight is 142 g/mol. The maximum Gasteiger partial charge on any atom is 0.121 e. The Kier molecular flexibility index (Phi) is 1.95. The van der Waals surface area contributed by atoms with Gasteiger partial charge in [0.2, 0.25) is 0 Å². The highest BCUT2D eigenvalue weighted by molar-refractivity contribution is 5.35. The lowest BCUT2D eigenvalue weighted by atomic mass is 10.9. The topological polar surface area (TPSA) is 9.23 Å². The summed E-state index contributed by atoms with van der Waals surface area (Å²) in [7, 11) is 1.69. The van der Waals surface area contributed by atoms with Gasteiger partial charge in [-0.15, -0.1) is 0 Å². The lowest BCUT2D eigenvalue weighted by molar-refractivity contribution is 0.411. The summed E-state index contributed by atoms with van der Waals surface area (Å²) in [5, 5.41) is 0. The molecule has 0 saturated carbocycles. The lowest BCUT2D eigenvalue weighted by Gasteiger charge is -2.03. The molecule has 1 aromatic carbocycles. The molecule has 0 amide bonds. The molecule has 0 radical (unpaired) electrons. The standard InChI is InChI=1S/C9H12O/c1-7-4-5-9(10-3)8(2)6-7/h4-6H,1-3H3/i4+1,5+1,6+1,7+1,8+1,9+1. The molecule has 0 atom stereocenters. The summed E-state index contributed by atoms with van der Waals surface area (Å²) in [4.78, 5) is 0. The minimum atomic E-state index is 0.964. The first-order valence-electron chi connectivity index (χ1n) is 3.35. The van der Waals surface area contributed by atoms with E-state index >= 15 is 0 Å². The van der Waals surface area contributed by atoms with Crippen LogP contribution in [-0.4, -0.2) is 7.11 Å². The third-order valence-corrected chi connectivity index (χ3v) is 1.55. The molecule has 0 bridgehead atoms. The van der Waals surface area contributed by atoms with Crippen LogP contribution in [0, 0.1) is 13.8 Å². The van der Waals surface area contributed by atoms with Gasteiger partial charge in [0.05, 0.1) is 7.11 Å². The van der Waals surface area contributed by atoms with Crippen molar-refractivity contribution in [1.29, 1.82) is 0 Å². The van der Waals surface area contributed by atoms with E-state index in [1.165, 1.54) is 11.1 Å². The van der Waals surface area contributed by atoms with Crippen molar-refractivity contribution < 1.29 is 4.74 Å². The molecule has 1 heteroatoms. The fraction of sp³-hybridized carbons (Fsp3) is 0.333.